The highest BCUT2D eigenvalue weighted by atomic mass is 16.6. The predicted molar refractivity (Wildman–Crippen MR) is 99.0 cm³/mol. The third kappa shape index (κ3) is 6.74. The lowest BCUT2D eigenvalue weighted by Crippen LogP contribution is -2.49. The molecule has 0 bridgehead atoms. The van der Waals surface area contributed by atoms with Crippen molar-refractivity contribution in [3.05, 3.63) is 29.8 Å². The van der Waals surface area contributed by atoms with Crippen LogP contribution in [0.3, 0.4) is 0 Å². The number of ether oxygens (including phenoxy) is 2. The molecule has 0 radical (unpaired) electrons. The lowest BCUT2D eigenvalue weighted by atomic mass is 9.98. The summed E-state index contributed by atoms with van der Waals surface area (Å²) in [7, 11) is 1.29. The molecule has 0 saturated carbocycles. The number of esters is 1. The number of anilines is 1. The average Bonchev–Trinajstić information content (AvgIpc) is 2.56. The van der Waals surface area contributed by atoms with E-state index in [1.54, 1.807) is 39.0 Å². The maximum Gasteiger partial charge on any atom is 0.408 e. The molecule has 0 aliphatic heterocycles. The van der Waals surface area contributed by atoms with Crippen LogP contribution in [0.5, 0.6) is 0 Å². The number of methoxy groups -OCH3 is 1. The van der Waals surface area contributed by atoms with Crippen molar-refractivity contribution >= 4 is 23.7 Å². The van der Waals surface area contributed by atoms with Crippen molar-refractivity contribution < 1.29 is 23.9 Å². The molecule has 2 N–H and O–H groups in total. The molecule has 0 aliphatic carbocycles. The second kappa shape index (κ2) is 9.22. The monoisotopic (exact) mass is 364 g/mol. The number of benzene rings is 1. The predicted octanol–water partition coefficient (Wildman–Crippen LogP) is 3.35. The van der Waals surface area contributed by atoms with Gasteiger partial charge in [-0.25, -0.2) is 9.59 Å². The average molecular weight is 364 g/mol. The molecule has 144 valence electrons. The van der Waals surface area contributed by atoms with Gasteiger partial charge in [-0.05, 0) is 44.9 Å². The summed E-state index contributed by atoms with van der Waals surface area (Å²) in [6, 6.07) is 5.64. The van der Waals surface area contributed by atoms with Crippen LogP contribution in [0.25, 0.3) is 0 Å². The van der Waals surface area contributed by atoms with Crippen LogP contribution in [-0.2, 0) is 14.3 Å². The second-order valence-corrected chi connectivity index (χ2v) is 7.07. The van der Waals surface area contributed by atoms with Gasteiger partial charge in [-0.1, -0.05) is 26.3 Å². The Hall–Kier alpha value is -2.57. The number of carbonyl (C=O) groups excluding carboxylic acids is 3. The molecule has 2 atom stereocenters. The molecule has 0 saturated heterocycles. The smallest absolute Gasteiger partial charge is 0.408 e. The molecule has 1 aromatic rings. The van der Waals surface area contributed by atoms with Crippen LogP contribution in [0, 0.1) is 5.92 Å². The van der Waals surface area contributed by atoms with Gasteiger partial charge in [0.2, 0.25) is 5.91 Å². The largest absolute Gasteiger partial charge is 0.465 e. The minimum Gasteiger partial charge on any atom is -0.465 e. The summed E-state index contributed by atoms with van der Waals surface area (Å²) in [6.07, 6.45) is 0.0390. The van der Waals surface area contributed by atoms with E-state index in [0.717, 1.165) is 0 Å². The van der Waals surface area contributed by atoms with Crippen molar-refractivity contribution in [1.29, 1.82) is 0 Å². The standard InChI is InChI=1S/C19H28N2O5/c1-7-12(2)15(21-18(24)26-19(3,4)5)16(22)20-14-10-8-9-13(11-14)17(23)25-6/h8-12,15H,7H2,1-6H3,(H,20,22)(H,21,24). The third-order valence-corrected chi connectivity index (χ3v) is 3.72. The Morgan fingerprint density at radius 2 is 1.85 bits per heavy atom. The molecule has 7 nitrogen and oxygen atoms in total. The highest BCUT2D eigenvalue weighted by Crippen LogP contribution is 2.16. The summed E-state index contributed by atoms with van der Waals surface area (Å²) in [4.78, 5) is 36.3. The van der Waals surface area contributed by atoms with Crippen LogP contribution < -0.4 is 10.6 Å². The molecule has 0 spiro atoms. The zero-order chi connectivity index (χ0) is 19.9. The fourth-order valence-electron chi connectivity index (χ4n) is 2.20. The number of alkyl carbamates (subject to hydrolysis) is 1. The Balaban J connectivity index is 2.90. The van der Waals surface area contributed by atoms with E-state index in [1.807, 2.05) is 13.8 Å². The molecule has 26 heavy (non-hydrogen) atoms. The Labute approximate surface area is 154 Å². The van der Waals surface area contributed by atoms with Crippen LogP contribution >= 0.6 is 0 Å². The molecule has 0 fully saturated rings. The summed E-state index contributed by atoms with van der Waals surface area (Å²) in [5, 5.41) is 5.36. The first-order valence-corrected chi connectivity index (χ1v) is 8.56. The van der Waals surface area contributed by atoms with Crippen LogP contribution in [-0.4, -0.2) is 36.7 Å². The maximum absolute atomic E-state index is 12.7. The molecule has 0 aliphatic rings. The normalized spacial score (nSPS) is 13.3. The molecule has 1 rings (SSSR count). The van der Waals surface area contributed by atoms with E-state index in [1.165, 1.54) is 13.2 Å². The van der Waals surface area contributed by atoms with E-state index in [4.69, 9.17) is 4.74 Å². The van der Waals surface area contributed by atoms with Gasteiger partial charge in [-0.3, -0.25) is 4.79 Å². The summed E-state index contributed by atoms with van der Waals surface area (Å²) in [5.41, 5.74) is 0.109. The van der Waals surface area contributed by atoms with Crippen LogP contribution in [0.1, 0.15) is 51.4 Å². The van der Waals surface area contributed by atoms with E-state index in [9.17, 15) is 14.4 Å². The van der Waals surface area contributed by atoms with E-state index in [2.05, 4.69) is 15.4 Å². The molecule has 2 amide bonds. The van der Waals surface area contributed by atoms with Gasteiger partial charge in [-0.2, -0.15) is 0 Å². The minimum absolute atomic E-state index is 0.105. The Bertz CT molecular complexity index is 652. The number of carbonyl (C=O) groups is 3. The summed E-state index contributed by atoms with van der Waals surface area (Å²) in [5.74, 6) is -0.981. The third-order valence-electron chi connectivity index (χ3n) is 3.72. The maximum atomic E-state index is 12.7. The van der Waals surface area contributed by atoms with Gasteiger partial charge >= 0.3 is 12.1 Å². The van der Waals surface area contributed by atoms with Gasteiger partial charge in [0.1, 0.15) is 11.6 Å². The highest BCUT2D eigenvalue weighted by molar-refractivity contribution is 5.98. The molecule has 2 unspecified atom stereocenters. The summed E-state index contributed by atoms with van der Waals surface area (Å²) >= 11 is 0. The number of rotatable bonds is 6. The quantitative estimate of drug-likeness (QED) is 0.755. The molecule has 0 heterocycles. The molecular weight excluding hydrogens is 336 g/mol. The zero-order valence-electron chi connectivity index (χ0n) is 16.2. The second-order valence-electron chi connectivity index (χ2n) is 7.07. The van der Waals surface area contributed by atoms with Crippen molar-refractivity contribution in [2.75, 3.05) is 12.4 Å². The number of hydrogen-bond donors (Lipinski definition) is 2. The summed E-state index contributed by atoms with van der Waals surface area (Å²) in [6.45, 7) is 9.06. The topological polar surface area (TPSA) is 93.7 Å². The first-order valence-electron chi connectivity index (χ1n) is 8.56. The van der Waals surface area contributed by atoms with Crippen molar-refractivity contribution in [2.45, 2.75) is 52.7 Å². The SMILES string of the molecule is CCC(C)C(NC(=O)OC(C)(C)C)C(=O)Nc1cccc(C(=O)OC)c1. The van der Waals surface area contributed by atoms with Crippen LogP contribution in [0.15, 0.2) is 24.3 Å². The lowest BCUT2D eigenvalue weighted by Gasteiger charge is -2.26. The van der Waals surface area contributed by atoms with Crippen molar-refractivity contribution in [2.24, 2.45) is 5.92 Å². The fraction of sp³-hybridized carbons (Fsp3) is 0.526. The first kappa shape index (κ1) is 21.5. The Morgan fingerprint density at radius 3 is 2.38 bits per heavy atom. The molecule has 0 aromatic heterocycles. The van der Waals surface area contributed by atoms with Gasteiger partial charge < -0.3 is 20.1 Å². The van der Waals surface area contributed by atoms with Gasteiger partial charge in [0.05, 0.1) is 12.7 Å². The number of amides is 2. The van der Waals surface area contributed by atoms with Crippen LogP contribution in [0.4, 0.5) is 10.5 Å². The zero-order valence-corrected chi connectivity index (χ0v) is 16.2. The van der Waals surface area contributed by atoms with E-state index in [-0.39, 0.29) is 11.8 Å². The van der Waals surface area contributed by atoms with Gasteiger partial charge in [0.25, 0.3) is 0 Å². The number of nitrogens with one attached hydrogen (secondary N) is 2. The van der Waals surface area contributed by atoms with Gasteiger partial charge in [0.15, 0.2) is 0 Å². The first-order chi connectivity index (χ1) is 12.1. The molecule has 7 heteroatoms. The van der Waals surface area contributed by atoms with E-state index in [0.29, 0.717) is 17.7 Å². The van der Waals surface area contributed by atoms with Crippen LogP contribution in [0.2, 0.25) is 0 Å². The summed E-state index contributed by atoms with van der Waals surface area (Å²) < 4.78 is 9.91. The lowest BCUT2D eigenvalue weighted by molar-refractivity contribution is -0.119. The van der Waals surface area contributed by atoms with Gasteiger partial charge in [-0.15, -0.1) is 0 Å². The highest BCUT2D eigenvalue weighted by Gasteiger charge is 2.28. The van der Waals surface area contributed by atoms with Crippen molar-refractivity contribution in [1.82, 2.24) is 5.32 Å². The molecular formula is C19H28N2O5. The fourth-order valence-corrected chi connectivity index (χ4v) is 2.20. The van der Waals surface area contributed by atoms with Crippen molar-refractivity contribution in [3.8, 4) is 0 Å². The Kier molecular flexibility index (Phi) is 7.61. The van der Waals surface area contributed by atoms with Crippen molar-refractivity contribution in [3.63, 3.8) is 0 Å². The molecule has 1 aromatic carbocycles. The van der Waals surface area contributed by atoms with E-state index >= 15 is 0 Å². The Morgan fingerprint density at radius 1 is 1.19 bits per heavy atom. The van der Waals surface area contributed by atoms with E-state index < -0.39 is 23.7 Å². The van der Waals surface area contributed by atoms with Gasteiger partial charge in [0, 0.05) is 5.69 Å². The number of hydrogen-bond acceptors (Lipinski definition) is 5. The minimum atomic E-state index is -0.767.